The number of nitrogens with zero attached hydrogens (tertiary/aromatic N) is 4. The lowest BCUT2D eigenvalue weighted by atomic mass is 9.91. The summed E-state index contributed by atoms with van der Waals surface area (Å²) in [6, 6.07) is 5.07. The van der Waals surface area contributed by atoms with Gasteiger partial charge in [0, 0.05) is 39.6 Å². The third-order valence-electron chi connectivity index (χ3n) is 6.75. The number of piperazine rings is 1. The number of urea groups is 1. The van der Waals surface area contributed by atoms with E-state index in [1.54, 1.807) is 15.9 Å². The molecule has 0 aromatic heterocycles. The van der Waals surface area contributed by atoms with E-state index >= 15 is 0 Å². The van der Waals surface area contributed by atoms with E-state index in [4.69, 9.17) is 0 Å². The fraction of sp³-hybridized carbons (Fsp3) is 0.440. The van der Waals surface area contributed by atoms with E-state index in [-0.39, 0.29) is 43.4 Å². The zero-order valence-corrected chi connectivity index (χ0v) is 20.0. The summed E-state index contributed by atoms with van der Waals surface area (Å²) in [6.07, 6.45) is 1.62. The van der Waals surface area contributed by atoms with Gasteiger partial charge in [-0.15, -0.1) is 6.58 Å². The quantitative estimate of drug-likeness (QED) is 0.665. The molecule has 4 rings (SSSR count). The molecule has 9 heteroatoms. The van der Waals surface area contributed by atoms with E-state index < -0.39 is 6.04 Å². The summed E-state index contributed by atoms with van der Waals surface area (Å²) in [5.74, 6) is -0.408. The zero-order valence-electron chi connectivity index (χ0n) is 20.0. The molecule has 1 N–H and O–H groups in total. The van der Waals surface area contributed by atoms with Crippen LogP contribution in [0.25, 0.3) is 0 Å². The van der Waals surface area contributed by atoms with Crippen LogP contribution in [0.15, 0.2) is 42.1 Å². The number of rotatable bonds is 5. The molecule has 1 atom stereocenters. The summed E-state index contributed by atoms with van der Waals surface area (Å²) in [7, 11) is 0. The average molecular weight is 466 g/mol. The standard InChI is InChI=1S/C25H31N5O4/c1-5-8-30-20-14-29(15-21(32)28-11-9-27(10-12-28)18(4)31)24(33)22(20)23(26-25(30)34)19-7-6-16(2)13-17(19)3/h5-7,13,23H,1,8-12,14-15H2,2-4H3,(H,26,34)/t23-/m1/s1. The molecule has 0 unspecified atom stereocenters. The predicted molar refractivity (Wildman–Crippen MR) is 127 cm³/mol. The van der Waals surface area contributed by atoms with Crippen molar-refractivity contribution in [3.63, 3.8) is 0 Å². The number of nitrogens with one attached hydrogen (secondary N) is 1. The van der Waals surface area contributed by atoms with Gasteiger partial charge in [-0.25, -0.2) is 4.79 Å². The molecule has 3 aliphatic heterocycles. The number of hydrogen-bond acceptors (Lipinski definition) is 4. The van der Waals surface area contributed by atoms with E-state index in [0.29, 0.717) is 37.4 Å². The fourth-order valence-corrected chi connectivity index (χ4v) is 4.92. The van der Waals surface area contributed by atoms with Gasteiger partial charge in [-0.1, -0.05) is 29.8 Å². The monoisotopic (exact) mass is 465 g/mol. The lowest BCUT2D eigenvalue weighted by Crippen LogP contribution is -2.52. The molecule has 1 fully saturated rings. The van der Waals surface area contributed by atoms with Crippen molar-refractivity contribution in [2.24, 2.45) is 0 Å². The summed E-state index contributed by atoms with van der Waals surface area (Å²) in [6.45, 7) is 11.5. The highest BCUT2D eigenvalue weighted by molar-refractivity contribution is 6.03. The summed E-state index contributed by atoms with van der Waals surface area (Å²) in [4.78, 5) is 57.5. The molecule has 5 amide bonds. The summed E-state index contributed by atoms with van der Waals surface area (Å²) >= 11 is 0. The van der Waals surface area contributed by atoms with Gasteiger partial charge >= 0.3 is 6.03 Å². The Balaban J connectivity index is 1.57. The highest BCUT2D eigenvalue weighted by Crippen LogP contribution is 2.37. The average Bonchev–Trinajstić information content (AvgIpc) is 3.11. The van der Waals surface area contributed by atoms with Crippen LogP contribution in [-0.4, -0.2) is 89.2 Å². The van der Waals surface area contributed by atoms with Crippen molar-refractivity contribution in [3.05, 3.63) is 58.8 Å². The van der Waals surface area contributed by atoms with Crippen molar-refractivity contribution in [2.45, 2.75) is 26.8 Å². The van der Waals surface area contributed by atoms with Crippen LogP contribution >= 0.6 is 0 Å². The van der Waals surface area contributed by atoms with Crippen molar-refractivity contribution in [2.75, 3.05) is 45.8 Å². The number of aryl methyl sites for hydroxylation is 2. The molecule has 0 bridgehead atoms. The topological polar surface area (TPSA) is 93.3 Å². The van der Waals surface area contributed by atoms with Gasteiger partial charge in [-0.2, -0.15) is 0 Å². The maximum atomic E-state index is 13.6. The number of carbonyl (C=O) groups is 4. The minimum atomic E-state index is -0.573. The maximum Gasteiger partial charge on any atom is 0.322 e. The van der Waals surface area contributed by atoms with Gasteiger partial charge in [0.15, 0.2) is 0 Å². The zero-order chi connectivity index (χ0) is 24.6. The van der Waals surface area contributed by atoms with Crippen LogP contribution in [0.1, 0.15) is 29.7 Å². The Labute approximate surface area is 199 Å². The first-order chi connectivity index (χ1) is 16.2. The highest BCUT2D eigenvalue weighted by Gasteiger charge is 2.44. The van der Waals surface area contributed by atoms with Crippen molar-refractivity contribution in [1.82, 2.24) is 24.9 Å². The Morgan fingerprint density at radius 3 is 2.41 bits per heavy atom. The van der Waals surface area contributed by atoms with Gasteiger partial charge in [0.2, 0.25) is 11.8 Å². The number of carbonyl (C=O) groups excluding carboxylic acids is 4. The van der Waals surface area contributed by atoms with Crippen LogP contribution in [0.3, 0.4) is 0 Å². The Morgan fingerprint density at radius 1 is 1.12 bits per heavy atom. The third kappa shape index (κ3) is 4.30. The van der Waals surface area contributed by atoms with E-state index in [2.05, 4.69) is 11.9 Å². The van der Waals surface area contributed by atoms with Crippen molar-refractivity contribution >= 4 is 23.8 Å². The molecule has 1 aromatic carbocycles. The molecule has 3 heterocycles. The van der Waals surface area contributed by atoms with Crippen molar-refractivity contribution < 1.29 is 19.2 Å². The number of amides is 5. The maximum absolute atomic E-state index is 13.6. The predicted octanol–water partition coefficient (Wildman–Crippen LogP) is 1.34. The van der Waals surface area contributed by atoms with Crippen LogP contribution in [0, 0.1) is 13.8 Å². The second kappa shape index (κ2) is 9.32. The van der Waals surface area contributed by atoms with Gasteiger partial charge < -0.3 is 20.0 Å². The minimum absolute atomic E-state index is 0.00406. The van der Waals surface area contributed by atoms with Gasteiger partial charge in [0.25, 0.3) is 5.91 Å². The first-order valence-electron chi connectivity index (χ1n) is 11.5. The number of hydrogen-bond donors (Lipinski definition) is 1. The van der Waals surface area contributed by atoms with Gasteiger partial charge in [-0.05, 0) is 25.0 Å². The van der Waals surface area contributed by atoms with Crippen molar-refractivity contribution in [1.29, 1.82) is 0 Å². The molecule has 34 heavy (non-hydrogen) atoms. The largest absolute Gasteiger partial charge is 0.339 e. The molecule has 1 saturated heterocycles. The van der Waals surface area contributed by atoms with E-state index in [9.17, 15) is 19.2 Å². The van der Waals surface area contributed by atoms with E-state index in [1.807, 2.05) is 32.0 Å². The first-order valence-corrected chi connectivity index (χ1v) is 11.5. The summed E-state index contributed by atoms with van der Waals surface area (Å²) in [5, 5.41) is 2.98. The van der Waals surface area contributed by atoms with Gasteiger partial charge in [0.05, 0.1) is 23.9 Å². The van der Waals surface area contributed by atoms with E-state index in [0.717, 1.165) is 16.7 Å². The Kier molecular flexibility index (Phi) is 6.45. The smallest absolute Gasteiger partial charge is 0.322 e. The van der Waals surface area contributed by atoms with Crippen LogP contribution in [0.5, 0.6) is 0 Å². The number of benzene rings is 1. The third-order valence-corrected chi connectivity index (χ3v) is 6.75. The van der Waals surface area contributed by atoms with Gasteiger partial charge in [0.1, 0.15) is 6.54 Å². The molecule has 0 spiro atoms. The molecular weight excluding hydrogens is 434 g/mol. The van der Waals surface area contributed by atoms with Crippen LogP contribution < -0.4 is 5.32 Å². The Morgan fingerprint density at radius 2 is 1.79 bits per heavy atom. The van der Waals surface area contributed by atoms with Crippen LogP contribution in [0.4, 0.5) is 4.79 Å². The summed E-state index contributed by atoms with van der Waals surface area (Å²) < 4.78 is 0. The lowest BCUT2D eigenvalue weighted by Gasteiger charge is -2.35. The Hall–Kier alpha value is -3.62. The fourth-order valence-electron chi connectivity index (χ4n) is 4.92. The van der Waals surface area contributed by atoms with Crippen LogP contribution in [0.2, 0.25) is 0 Å². The van der Waals surface area contributed by atoms with Crippen molar-refractivity contribution in [3.8, 4) is 0 Å². The van der Waals surface area contributed by atoms with Gasteiger partial charge in [-0.3, -0.25) is 19.3 Å². The minimum Gasteiger partial charge on any atom is -0.339 e. The SMILES string of the molecule is C=CCN1C(=O)N[C@H](c2ccc(C)cc2C)C2=C1CN(CC(=O)N1CCN(C(C)=O)CC1)C2=O. The molecule has 9 nitrogen and oxygen atoms in total. The molecule has 0 radical (unpaired) electrons. The second-order valence-corrected chi connectivity index (χ2v) is 9.05. The molecule has 1 aromatic rings. The van der Waals surface area contributed by atoms with E-state index in [1.165, 1.54) is 16.7 Å². The second-order valence-electron chi connectivity index (χ2n) is 9.05. The molecular formula is C25H31N5O4. The lowest BCUT2D eigenvalue weighted by molar-refractivity contribution is -0.141. The highest BCUT2D eigenvalue weighted by atomic mass is 16.2. The summed E-state index contributed by atoms with van der Waals surface area (Å²) in [5.41, 5.74) is 4.07. The normalized spacial score (nSPS) is 20.5. The molecule has 0 saturated carbocycles. The first kappa shape index (κ1) is 23.5. The molecule has 3 aliphatic rings. The molecule has 180 valence electrons. The molecule has 0 aliphatic carbocycles. The van der Waals surface area contributed by atoms with Crippen LogP contribution in [-0.2, 0) is 14.4 Å². The Bertz CT molecular complexity index is 1090.